The molecule has 0 aliphatic heterocycles. The highest BCUT2D eigenvalue weighted by Crippen LogP contribution is 2.23. The highest BCUT2D eigenvalue weighted by atomic mass is 32.2. The molecule has 0 aliphatic rings. The lowest BCUT2D eigenvalue weighted by Gasteiger charge is -2.13. The van der Waals surface area contributed by atoms with E-state index in [9.17, 15) is 21.6 Å². The Morgan fingerprint density at radius 1 is 1.26 bits per heavy atom. The third kappa shape index (κ3) is 4.39. The smallest absolute Gasteiger partial charge is 0.390 e. The molecule has 108 valence electrons. The Bertz CT molecular complexity index is 568. The number of rotatable bonds is 4. The van der Waals surface area contributed by atoms with Crippen molar-refractivity contribution in [1.29, 1.82) is 0 Å². The van der Waals surface area contributed by atoms with Gasteiger partial charge in [0, 0.05) is 12.2 Å². The quantitative estimate of drug-likeness (QED) is 0.836. The maximum absolute atomic E-state index is 12.0. The summed E-state index contributed by atoms with van der Waals surface area (Å²) in [5, 5.41) is 0. The maximum atomic E-state index is 12.0. The average molecular weight is 296 g/mol. The van der Waals surface area contributed by atoms with E-state index in [-0.39, 0.29) is 10.6 Å². The Morgan fingerprint density at radius 2 is 1.84 bits per heavy atom. The molecule has 0 amide bonds. The number of halogens is 3. The summed E-state index contributed by atoms with van der Waals surface area (Å²) in [6, 6.07) is 2.84. The van der Waals surface area contributed by atoms with E-state index in [1.807, 2.05) is 4.72 Å². The third-order valence-electron chi connectivity index (χ3n) is 2.63. The first-order valence-corrected chi connectivity index (χ1v) is 6.94. The molecule has 19 heavy (non-hydrogen) atoms. The summed E-state index contributed by atoms with van der Waals surface area (Å²) >= 11 is 0. The van der Waals surface area contributed by atoms with E-state index in [1.165, 1.54) is 6.07 Å². The largest absolute Gasteiger partial charge is 0.399 e. The van der Waals surface area contributed by atoms with Crippen LogP contribution >= 0.6 is 0 Å². The van der Waals surface area contributed by atoms with E-state index in [0.29, 0.717) is 11.1 Å². The minimum atomic E-state index is -4.40. The molecule has 1 rings (SSSR count). The number of sulfonamides is 1. The van der Waals surface area contributed by atoms with E-state index in [4.69, 9.17) is 5.73 Å². The van der Waals surface area contributed by atoms with Crippen LogP contribution in [-0.2, 0) is 10.0 Å². The molecule has 0 heterocycles. The van der Waals surface area contributed by atoms with Crippen LogP contribution in [0.15, 0.2) is 17.0 Å². The van der Waals surface area contributed by atoms with E-state index in [2.05, 4.69) is 0 Å². The summed E-state index contributed by atoms with van der Waals surface area (Å²) in [7, 11) is -3.99. The first-order valence-electron chi connectivity index (χ1n) is 5.46. The predicted molar refractivity (Wildman–Crippen MR) is 66.2 cm³/mol. The zero-order valence-corrected chi connectivity index (χ0v) is 11.3. The first-order chi connectivity index (χ1) is 8.53. The fraction of sp³-hybridized carbons (Fsp3) is 0.455. The molecule has 0 atom stereocenters. The van der Waals surface area contributed by atoms with Gasteiger partial charge in [0.25, 0.3) is 0 Å². The number of nitrogens with two attached hydrogens (primary N) is 1. The number of nitrogens with one attached hydrogen (secondary N) is 1. The fourth-order valence-electron chi connectivity index (χ4n) is 1.54. The predicted octanol–water partition coefficient (Wildman–Crippen LogP) is 2.12. The van der Waals surface area contributed by atoms with Gasteiger partial charge in [0.05, 0.1) is 11.3 Å². The molecule has 3 N–H and O–H groups in total. The van der Waals surface area contributed by atoms with Crippen molar-refractivity contribution in [2.45, 2.75) is 31.3 Å². The number of nitrogen functional groups attached to an aromatic ring is 1. The molecule has 0 spiro atoms. The highest BCUT2D eigenvalue weighted by Gasteiger charge is 2.28. The average Bonchev–Trinajstić information content (AvgIpc) is 2.20. The number of anilines is 1. The Morgan fingerprint density at radius 3 is 2.37 bits per heavy atom. The van der Waals surface area contributed by atoms with Crippen molar-refractivity contribution < 1.29 is 21.6 Å². The van der Waals surface area contributed by atoms with Gasteiger partial charge in [-0.2, -0.15) is 13.2 Å². The molecule has 0 radical (unpaired) electrons. The molecule has 0 bridgehead atoms. The SMILES string of the molecule is Cc1cc(N)cc(S(=O)(=O)NCCC(F)(F)F)c1C. The normalized spacial score (nSPS) is 12.7. The number of alkyl halides is 3. The van der Waals surface area contributed by atoms with Crippen molar-refractivity contribution in [3.8, 4) is 0 Å². The van der Waals surface area contributed by atoms with Crippen LogP contribution in [0.2, 0.25) is 0 Å². The standard InChI is InChI=1S/C11H15F3N2O2S/c1-7-5-9(15)6-10(8(7)2)19(17,18)16-4-3-11(12,13)14/h5-6,16H,3-4,15H2,1-2H3. The van der Waals surface area contributed by atoms with E-state index >= 15 is 0 Å². The lowest BCUT2D eigenvalue weighted by atomic mass is 10.1. The van der Waals surface area contributed by atoms with Crippen LogP contribution in [0.5, 0.6) is 0 Å². The van der Waals surface area contributed by atoms with Crippen molar-refractivity contribution in [3.05, 3.63) is 23.3 Å². The number of hydrogen-bond donors (Lipinski definition) is 2. The van der Waals surface area contributed by atoms with Gasteiger partial charge in [0.1, 0.15) is 0 Å². The van der Waals surface area contributed by atoms with Gasteiger partial charge in [0.2, 0.25) is 10.0 Å². The highest BCUT2D eigenvalue weighted by molar-refractivity contribution is 7.89. The van der Waals surface area contributed by atoms with Gasteiger partial charge in [-0.3, -0.25) is 0 Å². The van der Waals surface area contributed by atoms with E-state index < -0.39 is 29.2 Å². The zero-order chi connectivity index (χ0) is 14.8. The first kappa shape index (κ1) is 15.8. The minimum Gasteiger partial charge on any atom is -0.399 e. The van der Waals surface area contributed by atoms with Crippen molar-refractivity contribution in [2.75, 3.05) is 12.3 Å². The molecule has 0 fully saturated rings. The van der Waals surface area contributed by atoms with Crippen molar-refractivity contribution >= 4 is 15.7 Å². The molecule has 0 aromatic heterocycles. The molecular formula is C11H15F3N2O2S. The monoisotopic (exact) mass is 296 g/mol. The number of hydrogen-bond acceptors (Lipinski definition) is 3. The maximum Gasteiger partial charge on any atom is 0.390 e. The van der Waals surface area contributed by atoms with Crippen LogP contribution < -0.4 is 10.5 Å². The molecule has 1 aromatic carbocycles. The molecule has 0 unspecified atom stereocenters. The van der Waals surface area contributed by atoms with Crippen LogP contribution in [0.25, 0.3) is 0 Å². The Balaban J connectivity index is 2.95. The summed E-state index contributed by atoms with van der Waals surface area (Å²) < 4.78 is 61.7. The van der Waals surface area contributed by atoms with Crippen molar-refractivity contribution in [2.24, 2.45) is 0 Å². The molecular weight excluding hydrogens is 281 g/mol. The molecule has 4 nitrogen and oxygen atoms in total. The third-order valence-corrected chi connectivity index (χ3v) is 4.22. The molecule has 0 aliphatic carbocycles. The van der Waals surface area contributed by atoms with E-state index in [0.717, 1.165) is 0 Å². The van der Waals surface area contributed by atoms with Gasteiger partial charge in [-0.1, -0.05) is 0 Å². The second-order valence-corrected chi connectivity index (χ2v) is 5.96. The second-order valence-electron chi connectivity index (χ2n) is 4.22. The van der Waals surface area contributed by atoms with Gasteiger partial charge in [-0.25, -0.2) is 13.1 Å². The van der Waals surface area contributed by atoms with Gasteiger partial charge in [-0.15, -0.1) is 0 Å². The summed E-state index contributed by atoms with van der Waals surface area (Å²) in [5.74, 6) is 0. The second kappa shape index (κ2) is 5.38. The topological polar surface area (TPSA) is 72.2 Å². The summed E-state index contributed by atoms with van der Waals surface area (Å²) in [4.78, 5) is -0.0906. The Labute approximate surface area is 109 Å². The van der Waals surface area contributed by atoms with Gasteiger partial charge >= 0.3 is 6.18 Å². The Hall–Kier alpha value is -1.28. The van der Waals surface area contributed by atoms with Crippen LogP contribution in [-0.4, -0.2) is 21.1 Å². The van der Waals surface area contributed by atoms with Crippen molar-refractivity contribution in [1.82, 2.24) is 4.72 Å². The molecule has 8 heteroatoms. The van der Waals surface area contributed by atoms with Gasteiger partial charge in [-0.05, 0) is 37.1 Å². The molecule has 1 aromatic rings. The zero-order valence-electron chi connectivity index (χ0n) is 10.5. The summed E-state index contributed by atoms with van der Waals surface area (Å²) in [5.41, 5.74) is 6.93. The molecule has 0 saturated carbocycles. The van der Waals surface area contributed by atoms with Gasteiger partial charge in [0.15, 0.2) is 0 Å². The fourth-order valence-corrected chi connectivity index (χ4v) is 2.92. The van der Waals surface area contributed by atoms with E-state index in [1.54, 1.807) is 19.9 Å². The summed E-state index contributed by atoms with van der Waals surface area (Å²) in [6.07, 6.45) is -5.62. The Kier molecular flexibility index (Phi) is 4.46. The van der Waals surface area contributed by atoms with Crippen LogP contribution in [0.4, 0.5) is 18.9 Å². The molecule has 0 saturated heterocycles. The van der Waals surface area contributed by atoms with Gasteiger partial charge < -0.3 is 5.73 Å². The number of benzene rings is 1. The van der Waals surface area contributed by atoms with Crippen LogP contribution in [0, 0.1) is 13.8 Å². The lowest BCUT2D eigenvalue weighted by molar-refractivity contribution is -0.132. The van der Waals surface area contributed by atoms with Crippen molar-refractivity contribution in [3.63, 3.8) is 0 Å². The number of aryl methyl sites for hydroxylation is 1. The van der Waals surface area contributed by atoms with Crippen LogP contribution in [0.1, 0.15) is 17.5 Å². The van der Waals surface area contributed by atoms with Crippen LogP contribution in [0.3, 0.4) is 0 Å². The summed E-state index contributed by atoms with van der Waals surface area (Å²) in [6.45, 7) is 2.56. The lowest BCUT2D eigenvalue weighted by Crippen LogP contribution is -2.28. The minimum absolute atomic E-state index is 0.0906.